The first-order valence-electron chi connectivity index (χ1n) is 5.46. The monoisotopic (exact) mass is 278 g/mol. The highest BCUT2D eigenvalue weighted by molar-refractivity contribution is 5.91. The zero-order chi connectivity index (χ0) is 14.7. The number of carboxylic acid groups (broad SMARTS) is 1. The summed E-state index contributed by atoms with van der Waals surface area (Å²) in [5.74, 6) is -0.771. The van der Waals surface area contributed by atoms with Crippen LogP contribution in [-0.2, 0) is 13.7 Å². The number of aromatic carboxylic acids is 1. The summed E-state index contributed by atoms with van der Waals surface area (Å²) in [6, 6.07) is 3.38. The van der Waals surface area contributed by atoms with E-state index in [9.17, 15) is 14.9 Å². The average Bonchev–Trinajstić information content (AvgIpc) is 2.81. The average molecular weight is 278 g/mol. The number of nitro benzene ring substituents is 1. The number of carboxylic acids is 1. The lowest BCUT2D eigenvalue weighted by atomic mass is 10.2. The minimum Gasteiger partial charge on any atom is -0.485 e. The van der Waals surface area contributed by atoms with Gasteiger partial charge in [-0.25, -0.2) is 4.79 Å². The summed E-state index contributed by atoms with van der Waals surface area (Å²) in [6.07, 6.45) is 1.48. The molecule has 0 aliphatic heterocycles. The van der Waals surface area contributed by atoms with Gasteiger partial charge in [-0.15, -0.1) is 10.2 Å². The molecule has 0 radical (unpaired) electrons. The number of ether oxygens (including phenoxy) is 1. The molecule has 0 amide bonds. The zero-order valence-corrected chi connectivity index (χ0v) is 10.4. The Balaban J connectivity index is 2.25. The van der Waals surface area contributed by atoms with Crippen LogP contribution in [0.15, 0.2) is 24.5 Å². The predicted octanol–water partition coefficient (Wildman–Crippen LogP) is 1.00. The van der Waals surface area contributed by atoms with Crippen LogP contribution in [0.4, 0.5) is 5.69 Å². The SMILES string of the molecule is Cn1cnnc1COc1ccc([N+](=O)[O-])cc1C(=O)O. The van der Waals surface area contributed by atoms with Gasteiger partial charge in [-0.1, -0.05) is 0 Å². The van der Waals surface area contributed by atoms with Gasteiger partial charge in [-0.3, -0.25) is 10.1 Å². The van der Waals surface area contributed by atoms with Crippen LogP contribution in [-0.4, -0.2) is 30.8 Å². The van der Waals surface area contributed by atoms with Gasteiger partial charge in [0.15, 0.2) is 5.82 Å². The summed E-state index contributed by atoms with van der Waals surface area (Å²) in [4.78, 5) is 21.0. The molecule has 9 heteroatoms. The van der Waals surface area contributed by atoms with Crippen LogP contribution in [0.3, 0.4) is 0 Å². The number of rotatable bonds is 5. The van der Waals surface area contributed by atoms with Crippen molar-refractivity contribution in [1.29, 1.82) is 0 Å². The molecule has 1 heterocycles. The standard InChI is InChI=1S/C11H10N4O5/c1-14-6-12-13-10(14)5-20-9-3-2-7(15(18)19)4-8(9)11(16)17/h2-4,6H,5H2,1H3,(H,16,17). The van der Waals surface area contributed by atoms with Crippen LogP contribution in [0.1, 0.15) is 16.2 Å². The molecule has 1 N–H and O–H groups in total. The molecule has 0 saturated heterocycles. The smallest absolute Gasteiger partial charge is 0.339 e. The Hall–Kier alpha value is -2.97. The van der Waals surface area contributed by atoms with Crippen molar-refractivity contribution >= 4 is 11.7 Å². The van der Waals surface area contributed by atoms with E-state index in [1.807, 2.05) is 0 Å². The molecule has 9 nitrogen and oxygen atoms in total. The van der Waals surface area contributed by atoms with Gasteiger partial charge in [-0.2, -0.15) is 0 Å². The van der Waals surface area contributed by atoms with Crippen LogP contribution in [0.25, 0.3) is 0 Å². The molecule has 1 aromatic carbocycles. The maximum Gasteiger partial charge on any atom is 0.339 e. The van der Waals surface area contributed by atoms with Crippen LogP contribution >= 0.6 is 0 Å². The number of nitrogens with zero attached hydrogens (tertiary/aromatic N) is 4. The quantitative estimate of drug-likeness (QED) is 0.639. The van der Waals surface area contributed by atoms with Crippen molar-refractivity contribution in [3.05, 3.63) is 46.0 Å². The van der Waals surface area contributed by atoms with Gasteiger partial charge in [0.05, 0.1) is 4.92 Å². The normalized spacial score (nSPS) is 10.2. The Labute approximate surface area is 112 Å². The third kappa shape index (κ3) is 2.71. The minimum absolute atomic E-state index is 0.00852. The van der Waals surface area contributed by atoms with Crippen molar-refractivity contribution < 1.29 is 19.6 Å². The highest BCUT2D eigenvalue weighted by atomic mass is 16.6. The molecule has 2 aromatic rings. The van der Waals surface area contributed by atoms with Crippen LogP contribution in [0.2, 0.25) is 0 Å². The molecule has 0 aliphatic carbocycles. The molecule has 0 saturated carbocycles. The Bertz CT molecular complexity index is 667. The summed E-state index contributed by atoms with van der Waals surface area (Å²) in [5, 5.41) is 27.1. The van der Waals surface area contributed by atoms with E-state index in [-0.39, 0.29) is 23.6 Å². The summed E-state index contributed by atoms with van der Waals surface area (Å²) >= 11 is 0. The van der Waals surface area contributed by atoms with Crippen molar-refractivity contribution in [2.24, 2.45) is 7.05 Å². The number of aromatic nitrogens is 3. The van der Waals surface area contributed by atoms with Crippen molar-refractivity contribution in [2.45, 2.75) is 6.61 Å². The molecule has 0 fully saturated rings. The second-order valence-electron chi connectivity index (χ2n) is 3.89. The Morgan fingerprint density at radius 2 is 2.30 bits per heavy atom. The van der Waals surface area contributed by atoms with E-state index in [1.165, 1.54) is 18.5 Å². The van der Waals surface area contributed by atoms with E-state index < -0.39 is 10.9 Å². The fourth-order valence-corrected chi connectivity index (χ4v) is 1.50. The maximum absolute atomic E-state index is 11.1. The number of aryl methyl sites for hydroxylation is 1. The third-order valence-corrected chi connectivity index (χ3v) is 2.57. The molecule has 2 rings (SSSR count). The van der Waals surface area contributed by atoms with E-state index in [0.29, 0.717) is 5.82 Å². The molecule has 0 spiro atoms. The lowest BCUT2D eigenvalue weighted by Gasteiger charge is -2.08. The second-order valence-corrected chi connectivity index (χ2v) is 3.89. The van der Waals surface area contributed by atoms with Crippen molar-refractivity contribution in [2.75, 3.05) is 0 Å². The molecule has 0 bridgehead atoms. The fraction of sp³-hybridized carbons (Fsp3) is 0.182. The summed E-state index contributed by atoms with van der Waals surface area (Å²) in [5.41, 5.74) is -0.588. The van der Waals surface area contributed by atoms with Gasteiger partial charge in [0, 0.05) is 19.2 Å². The van der Waals surface area contributed by atoms with E-state index >= 15 is 0 Å². The lowest BCUT2D eigenvalue weighted by Crippen LogP contribution is -2.07. The van der Waals surface area contributed by atoms with Gasteiger partial charge in [0.25, 0.3) is 5.69 Å². The predicted molar refractivity (Wildman–Crippen MR) is 65.4 cm³/mol. The van der Waals surface area contributed by atoms with Gasteiger partial charge < -0.3 is 14.4 Å². The number of non-ortho nitro benzene ring substituents is 1. The molecular weight excluding hydrogens is 268 g/mol. The number of benzene rings is 1. The number of carbonyl (C=O) groups is 1. The number of nitro groups is 1. The largest absolute Gasteiger partial charge is 0.485 e. The third-order valence-electron chi connectivity index (χ3n) is 2.57. The maximum atomic E-state index is 11.1. The van der Waals surface area contributed by atoms with Crippen LogP contribution in [0.5, 0.6) is 5.75 Å². The first-order chi connectivity index (χ1) is 9.49. The van der Waals surface area contributed by atoms with Gasteiger partial charge in [-0.05, 0) is 6.07 Å². The van der Waals surface area contributed by atoms with E-state index in [0.717, 1.165) is 6.07 Å². The van der Waals surface area contributed by atoms with Gasteiger partial charge in [0.2, 0.25) is 0 Å². The van der Waals surface area contributed by atoms with Crippen molar-refractivity contribution in [3.63, 3.8) is 0 Å². The van der Waals surface area contributed by atoms with E-state index in [4.69, 9.17) is 9.84 Å². The number of hydrogen-bond acceptors (Lipinski definition) is 6. The molecular formula is C11H10N4O5. The molecule has 0 unspecified atom stereocenters. The van der Waals surface area contributed by atoms with E-state index in [2.05, 4.69) is 10.2 Å². The molecule has 1 aromatic heterocycles. The highest BCUT2D eigenvalue weighted by Gasteiger charge is 2.17. The summed E-state index contributed by atoms with van der Waals surface area (Å²) < 4.78 is 6.95. The van der Waals surface area contributed by atoms with Gasteiger partial charge in [0.1, 0.15) is 24.2 Å². The molecule has 104 valence electrons. The summed E-state index contributed by atoms with van der Waals surface area (Å²) in [6.45, 7) is 0.00852. The molecule has 20 heavy (non-hydrogen) atoms. The second kappa shape index (κ2) is 5.34. The number of hydrogen-bond donors (Lipinski definition) is 1. The van der Waals surface area contributed by atoms with E-state index in [1.54, 1.807) is 11.6 Å². The van der Waals surface area contributed by atoms with Crippen LogP contribution in [0, 0.1) is 10.1 Å². The Morgan fingerprint density at radius 3 is 2.85 bits per heavy atom. The van der Waals surface area contributed by atoms with Crippen molar-refractivity contribution in [1.82, 2.24) is 14.8 Å². The zero-order valence-electron chi connectivity index (χ0n) is 10.4. The van der Waals surface area contributed by atoms with Crippen molar-refractivity contribution in [3.8, 4) is 5.75 Å². The Morgan fingerprint density at radius 1 is 1.55 bits per heavy atom. The summed E-state index contributed by atoms with van der Waals surface area (Å²) in [7, 11) is 1.71. The molecule has 0 atom stereocenters. The van der Waals surface area contributed by atoms with Crippen LogP contribution < -0.4 is 4.74 Å². The topological polar surface area (TPSA) is 120 Å². The first kappa shape index (κ1) is 13.5. The molecule has 0 aliphatic rings. The van der Waals surface area contributed by atoms with Gasteiger partial charge >= 0.3 is 5.97 Å². The Kier molecular flexibility index (Phi) is 3.60. The first-order valence-corrected chi connectivity index (χ1v) is 5.46. The highest BCUT2D eigenvalue weighted by Crippen LogP contribution is 2.24. The fourth-order valence-electron chi connectivity index (χ4n) is 1.50. The minimum atomic E-state index is -1.30. The lowest BCUT2D eigenvalue weighted by molar-refractivity contribution is -0.384.